The Hall–Kier alpha value is -2.28. The van der Waals surface area contributed by atoms with Crippen LogP contribution in [0.2, 0.25) is 0 Å². The molecule has 2 aromatic rings. The van der Waals surface area contributed by atoms with Crippen molar-refractivity contribution in [3.8, 4) is 0 Å². The quantitative estimate of drug-likeness (QED) is 0.876. The van der Waals surface area contributed by atoms with Gasteiger partial charge in [-0.2, -0.15) is 0 Å². The Morgan fingerprint density at radius 2 is 1.78 bits per heavy atom. The van der Waals surface area contributed by atoms with E-state index in [9.17, 15) is 9.59 Å². The summed E-state index contributed by atoms with van der Waals surface area (Å²) in [5.74, 6) is 0.412. The van der Waals surface area contributed by atoms with Gasteiger partial charge in [0.15, 0.2) is 0 Å². The summed E-state index contributed by atoms with van der Waals surface area (Å²) in [5.41, 5.74) is 4.67. The molecule has 2 amide bonds. The standard InChI is InChI=1S/C20H26N4O2S/c1-12-9-13(2)17(14(3)10-12)19(25)21-11-16-5-7-24(8-6-16)20(26)18-15(4)22-23-27-18/h9-10,16H,5-8,11H2,1-4H3,(H,21,25). The van der Waals surface area contributed by atoms with Crippen molar-refractivity contribution in [2.45, 2.75) is 40.5 Å². The second-order valence-electron chi connectivity index (χ2n) is 7.41. The van der Waals surface area contributed by atoms with Crippen molar-refractivity contribution in [1.82, 2.24) is 19.8 Å². The number of aryl methyl sites for hydroxylation is 4. The lowest BCUT2D eigenvalue weighted by Crippen LogP contribution is -2.41. The van der Waals surface area contributed by atoms with Crippen LogP contribution in [0.1, 0.15) is 55.3 Å². The van der Waals surface area contributed by atoms with Crippen LogP contribution in [0, 0.1) is 33.6 Å². The monoisotopic (exact) mass is 386 g/mol. The molecule has 0 unspecified atom stereocenters. The molecule has 1 N–H and O–H groups in total. The third kappa shape index (κ3) is 4.35. The fourth-order valence-electron chi connectivity index (χ4n) is 3.78. The van der Waals surface area contributed by atoms with E-state index in [-0.39, 0.29) is 11.8 Å². The molecule has 0 spiro atoms. The maximum absolute atomic E-state index is 12.6. The lowest BCUT2D eigenvalue weighted by atomic mass is 9.95. The minimum absolute atomic E-state index is 0.00475. The lowest BCUT2D eigenvalue weighted by Gasteiger charge is -2.31. The molecule has 7 heteroatoms. The summed E-state index contributed by atoms with van der Waals surface area (Å²) < 4.78 is 3.85. The molecular formula is C20H26N4O2S. The molecule has 0 aliphatic carbocycles. The Morgan fingerprint density at radius 3 is 2.33 bits per heavy atom. The summed E-state index contributed by atoms with van der Waals surface area (Å²) in [7, 11) is 0. The van der Waals surface area contributed by atoms with E-state index in [0.29, 0.717) is 36.1 Å². The van der Waals surface area contributed by atoms with Gasteiger partial charge in [-0.25, -0.2) is 0 Å². The predicted molar refractivity (Wildman–Crippen MR) is 106 cm³/mol. The Labute approximate surface area is 164 Å². The highest BCUT2D eigenvalue weighted by molar-refractivity contribution is 7.07. The van der Waals surface area contributed by atoms with Crippen LogP contribution in [0.25, 0.3) is 0 Å². The van der Waals surface area contributed by atoms with E-state index in [1.807, 2.05) is 44.7 Å². The van der Waals surface area contributed by atoms with Gasteiger partial charge in [-0.3, -0.25) is 9.59 Å². The number of hydrogen-bond acceptors (Lipinski definition) is 5. The number of nitrogens with one attached hydrogen (secondary N) is 1. The summed E-state index contributed by atoms with van der Waals surface area (Å²) in [5, 5.41) is 7.01. The van der Waals surface area contributed by atoms with Crippen molar-refractivity contribution in [3.05, 3.63) is 45.0 Å². The highest BCUT2D eigenvalue weighted by atomic mass is 32.1. The first-order valence-electron chi connectivity index (χ1n) is 9.31. The zero-order chi connectivity index (χ0) is 19.6. The highest BCUT2D eigenvalue weighted by Gasteiger charge is 2.26. The molecule has 2 heterocycles. The van der Waals surface area contributed by atoms with Gasteiger partial charge in [0.1, 0.15) is 4.88 Å². The van der Waals surface area contributed by atoms with Crippen molar-refractivity contribution in [2.75, 3.05) is 19.6 Å². The van der Waals surface area contributed by atoms with Crippen molar-refractivity contribution in [3.63, 3.8) is 0 Å². The highest BCUT2D eigenvalue weighted by Crippen LogP contribution is 2.21. The van der Waals surface area contributed by atoms with Crippen LogP contribution in [0.5, 0.6) is 0 Å². The molecule has 1 aliphatic heterocycles. The van der Waals surface area contributed by atoms with Crippen LogP contribution >= 0.6 is 11.5 Å². The number of benzene rings is 1. The second-order valence-corrected chi connectivity index (χ2v) is 8.16. The van der Waals surface area contributed by atoms with E-state index < -0.39 is 0 Å². The fraction of sp³-hybridized carbons (Fsp3) is 0.500. The minimum Gasteiger partial charge on any atom is -0.352 e. The number of aromatic nitrogens is 2. The van der Waals surface area contributed by atoms with Crippen molar-refractivity contribution in [2.24, 2.45) is 5.92 Å². The molecular weight excluding hydrogens is 360 g/mol. The van der Waals surface area contributed by atoms with E-state index in [4.69, 9.17) is 0 Å². The molecule has 1 fully saturated rings. The van der Waals surface area contributed by atoms with E-state index in [1.54, 1.807) is 0 Å². The van der Waals surface area contributed by atoms with Gasteiger partial charge in [0.2, 0.25) is 0 Å². The molecule has 1 aromatic heterocycles. The van der Waals surface area contributed by atoms with Crippen LogP contribution in [0.15, 0.2) is 12.1 Å². The molecule has 1 aromatic carbocycles. The van der Waals surface area contributed by atoms with E-state index >= 15 is 0 Å². The first kappa shape index (κ1) is 19.5. The van der Waals surface area contributed by atoms with Gasteiger partial charge in [0.05, 0.1) is 5.69 Å². The van der Waals surface area contributed by atoms with Crippen LogP contribution in [-0.2, 0) is 0 Å². The van der Waals surface area contributed by atoms with Crippen LogP contribution in [0.4, 0.5) is 0 Å². The molecule has 144 valence electrons. The molecule has 6 nitrogen and oxygen atoms in total. The summed E-state index contributed by atoms with van der Waals surface area (Å²) in [6.45, 7) is 9.88. The normalized spacial score (nSPS) is 15.0. The third-order valence-electron chi connectivity index (χ3n) is 5.20. The summed E-state index contributed by atoms with van der Waals surface area (Å²) in [4.78, 5) is 27.6. The van der Waals surface area contributed by atoms with Crippen LogP contribution in [0.3, 0.4) is 0 Å². The largest absolute Gasteiger partial charge is 0.352 e. The number of carbonyl (C=O) groups excluding carboxylic acids is 2. The maximum atomic E-state index is 12.6. The van der Waals surface area contributed by atoms with Gasteiger partial charge in [0, 0.05) is 25.2 Å². The number of piperidine rings is 1. The number of carbonyl (C=O) groups is 2. The zero-order valence-corrected chi connectivity index (χ0v) is 17.2. The van der Waals surface area contributed by atoms with Gasteiger partial charge in [-0.15, -0.1) is 5.10 Å². The SMILES string of the molecule is Cc1cc(C)c(C(=O)NCC2CCN(C(=O)c3snnc3C)CC2)c(C)c1. The van der Waals surface area contributed by atoms with Crippen LogP contribution in [-0.4, -0.2) is 45.9 Å². The average Bonchev–Trinajstić information content (AvgIpc) is 3.05. The molecule has 1 aliphatic rings. The number of hydrogen-bond donors (Lipinski definition) is 1. The summed E-state index contributed by atoms with van der Waals surface area (Å²) in [6, 6.07) is 4.09. The van der Waals surface area contributed by atoms with Crippen molar-refractivity contribution in [1.29, 1.82) is 0 Å². The lowest BCUT2D eigenvalue weighted by molar-refractivity contribution is 0.0688. The first-order valence-corrected chi connectivity index (χ1v) is 10.1. The smallest absolute Gasteiger partial charge is 0.267 e. The molecule has 0 radical (unpaired) electrons. The summed E-state index contributed by atoms with van der Waals surface area (Å²) >= 11 is 1.16. The van der Waals surface area contributed by atoms with Crippen LogP contribution < -0.4 is 5.32 Å². The van der Waals surface area contributed by atoms with Gasteiger partial charge in [0.25, 0.3) is 11.8 Å². The molecule has 0 atom stereocenters. The Bertz CT molecular complexity index is 830. The molecule has 3 rings (SSSR count). The fourth-order valence-corrected chi connectivity index (χ4v) is 4.40. The van der Waals surface area contributed by atoms with Gasteiger partial charge in [-0.1, -0.05) is 22.2 Å². The predicted octanol–water partition coefficient (Wildman–Crippen LogP) is 3.05. The number of nitrogens with zero attached hydrogens (tertiary/aromatic N) is 3. The van der Waals surface area contributed by atoms with E-state index in [2.05, 4.69) is 14.9 Å². The molecule has 1 saturated heterocycles. The number of amides is 2. The summed E-state index contributed by atoms with van der Waals surface area (Å²) in [6.07, 6.45) is 1.78. The zero-order valence-electron chi connectivity index (χ0n) is 16.3. The third-order valence-corrected chi connectivity index (χ3v) is 6.02. The van der Waals surface area contributed by atoms with E-state index in [1.165, 1.54) is 5.56 Å². The average molecular weight is 387 g/mol. The molecule has 0 saturated carbocycles. The molecule has 27 heavy (non-hydrogen) atoms. The topological polar surface area (TPSA) is 75.2 Å². The van der Waals surface area contributed by atoms with Gasteiger partial charge in [-0.05, 0) is 69.1 Å². The van der Waals surface area contributed by atoms with Crippen molar-refractivity contribution < 1.29 is 9.59 Å². The molecule has 0 bridgehead atoms. The Morgan fingerprint density at radius 1 is 1.15 bits per heavy atom. The Kier molecular flexibility index (Phi) is 5.89. The van der Waals surface area contributed by atoms with Gasteiger partial charge >= 0.3 is 0 Å². The number of likely N-dealkylation sites (tertiary alicyclic amines) is 1. The van der Waals surface area contributed by atoms with E-state index in [0.717, 1.165) is 41.1 Å². The second kappa shape index (κ2) is 8.17. The van der Waals surface area contributed by atoms with Gasteiger partial charge < -0.3 is 10.2 Å². The number of rotatable bonds is 4. The van der Waals surface area contributed by atoms with Crippen molar-refractivity contribution >= 4 is 23.3 Å². The Balaban J connectivity index is 1.52. The minimum atomic E-state index is -0.00475. The maximum Gasteiger partial charge on any atom is 0.267 e. The first-order chi connectivity index (χ1) is 12.9.